The van der Waals surface area contributed by atoms with Crippen LogP contribution in [-0.2, 0) is 65.4 Å². The molecule has 0 nitrogen and oxygen atoms in total. The molecule has 0 aliphatic carbocycles. The second-order valence-corrected chi connectivity index (χ2v) is 1.95. The Morgan fingerprint density at radius 2 is 1.70 bits per heavy atom. The SMILES string of the molecule is C[CH-]C[C@@H](C)[CH-]C.[CH3-].[Y+3].[Y]. The van der Waals surface area contributed by atoms with Gasteiger partial charge in [-0.2, -0.15) is 19.8 Å². The second kappa shape index (κ2) is 17.3. The van der Waals surface area contributed by atoms with Gasteiger partial charge in [0.05, 0.1) is 0 Å². The van der Waals surface area contributed by atoms with Crippen LogP contribution in [0, 0.1) is 26.2 Å². The topological polar surface area (TPSA) is 0 Å². The number of hydrogen-bond acceptors (Lipinski definition) is 0. The zero-order valence-corrected chi connectivity index (χ0v) is 13.3. The van der Waals surface area contributed by atoms with Crippen LogP contribution in [-0.4, -0.2) is 0 Å². The van der Waals surface area contributed by atoms with Crippen molar-refractivity contribution in [3.63, 3.8) is 0 Å². The molecule has 10 heavy (non-hydrogen) atoms. The first kappa shape index (κ1) is 22.8. The van der Waals surface area contributed by atoms with E-state index in [4.69, 9.17) is 0 Å². The van der Waals surface area contributed by atoms with Gasteiger partial charge >= 0.3 is 32.7 Å². The van der Waals surface area contributed by atoms with Crippen LogP contribution in [0.2, 0.25) is 0 Å². The van der Waals surface area contributed by atoms with E-state index in [0.717, 1.165) is 5.92 Å². The quantitative estimate of drug-likeness (QED) is 0.701. The Kier molecular flexibility index (Phi) is 39.5. The molecule has 0 spiro atoms. The summed E-state index contributed by atoms with van der Waals surface area (Å²) < 4.78 is 0. The largest absolute Gasteiger partial charge is 3.00 e. The van der Waals surface area contributed by atoms with Crippen molar-refractivity contribution in [2.45, 2.75) is 27.2 Å². The fourth-order valence-electron chi connectivity index (χ4n) is 0.508. The summed E-state index contributed by atoms with van der Waals surface area (Å²) in [5.41, 5.74) is 0. The molecule has 1 atom stereocenters. The van der Waals surface area contributed by atoms with Crippen LogP contribution in [0.3, 0.4) is 0 Å². The van der Waals surface area contributed by atoms with Crippen molar-refractivity contribution in [2.75, 3.05) is 0 Å². The summed E-state index contributed by atoms with van der Waals surface area (Å²) in [7, 11) is 0. The Labute approximate surface area is 117 Å². The fourth-order valence-corrected chi connectivity index (χ4v) is 0.508. The minimum Gasteiger partial charge on any atom is -0.358 e. The minimum atomic E-state index is 0. The summed E-state index contributed by atoms with van der Waals surface area (Å²) >= 11 is 0. The van der Waals surface area contributed by atoms with Gasteiger partial charge in [-0.1, -0.05) is 6.92 Å². The van der Waals surface area contributed by atoms with E-state index in [0.29, 0.717) is 0 Å². The molecule has 0 amide bonds. The molecule has 0 aliphatic rings. The predicted octanol–water partition coefficient (Wildman–Crippen LogP) is 2.91. The van der Waals surface area contributed by atoms with Gasteiger partial charge in [0.25, 0.3) is 0 Å². The molecular weight excluding hydrogens is 274 g/mol. The van der Waals surface area contributed by atoms with E-state index < -0.39 is 0 Å². The first-order chi connectivity index (χ1) is 3.31. The number of hydrogen-bond donors (Lipinski definition) is 0. The van der Waals surface area contributed by atoms with Crippen LogP contribution in [0.5, 0.6) is 0 Å². The first-order valence-electron chi connectivity index (χ1n) is 2.88. The molecule has 0 rings (SSSR count). The molecule has 0 aliphatic heterocycles. The average Bonchev–Trinajstić information content (AvgIpc) is 1.68. The molecular formula is C8H17Y2. The minimum absolute atomic E-state index is 0. The van der Waals surface area contributed by atoms with Gasteiger partial charge in [-0.25, -0.2) is 6.42 Å². The summed E-state index contributed by atoms with van der Waals surface area (Å²) in [4.78, 5) is 0. The van der Waals surface area contributed by atoms with Gasteiger partial charge in [-0.05, 0) is 0 Å². The van der Waals surface area contributed by atoms with Crippen molar-refractivity contribution in [2.24, 2.45) is 5.92 Å². The summed E-state index contributed by atoms with van der Waals surface area (Å²) in [6.45, 7) is 6.42. The molecule has 1 radical (unpaired) electrons. The molecule has 0 saturated heterocycles. The summed E-state index contributed by atoms with van der Waals surface area (Å²) in [6.07, 6.45) is 5.64. The molecule has 0 saturated carbocycles. The zero-order chi connectivity index (χ0) is 5.70. The van der Waals surface area contributed by atoms with Crippen molar-refractivity contribution in [3.8, 4) is 0 Å². The fraction of sp³-hybridized carbons (Fsp3) is 0.625. The maximum Gasteiger partial charge on any atom is 3.00 e. The normalized spacial score (nSPS) is 9.90. The number of rotatable bonds is 3. The van der Waals surface area contributed by atoms with Gasteiger partial charge < -0.3 is 20.3 Å². The standard InChI is InChI=1S/C7H14.CH3.2Y/c1-4-6-7(3)5-2;;;/h4-5,7H,6H2,1-3H3;1H3;;/q-2;-1;;+3/t7-;;;/m0.../s1. The van der Waals surface area contributed by atoms with E-state index in [1.165, 1.54) is 6.42 Å². The third-order valence-corrected chi connectivity index (χ3v) is 1.18. The molecule has 55 valence electrons. The van der Waals surface area contributed by atoms with E-state index in [1.54, 1.807) is 0 Å². The first-order valence-corrected chi connectivity index (χ1v) is 2.88. The summed E-state index contributed by atoms with van der Waals surface area (Å²) in [6, 6.07) is 0. The van der Waals surface area contributed by atoms with Crippen LogP contribution in [0.1, 0.15) is 27.2 Å². The van der Waals surface area contributed by atoms with Crippen LogP contribution in [0.4, 0.5) is 0 Å². The van der Waals surface area contributed by atoms with Crippen molar-refractivity contribution >= 4 is 0 Å². The average molecular weight is 291 g/mol. The van der Waals surface area contributed by atoms with Crippen LogP contribution >= 0.6 is 0 Å². The van der Waals surface area contributed by atoms with Gasteiger partial charge in [-0.3, -0.25) is 0 Å². The maximum absolute atomic E-state index is 2.22. The van der Waals surface area contributed by atoms with E-state index >= 15 is 0 Å². The van der Waals surface area contributed by atoms with Crippen molar-refractivity contribution in [1.29, 1.82) is 0 Å². The molecule has 0 heterocycles. The van der Waals surface area contributed by atoms with E-state index in [1.807, 2.05) is 0 Å². The Morgan fingerprint density at radius 3 is 1.80 bits per heavy atom. The van der Waals surface area contributed by atoms with Crippen molar-refractivity contribution in [1.82, 2.24) is 0 Å². The van der Waals surface area contributed by atoms with Crippen LogP contribution in [0.15, 0.2) is 0 Å². The summed E-state index contributed by atoms with van der Waals surface area (Å²) in [5.74, 6) is 0.769. The molecule has 0 unspecified atom stereocenters. The monoisotopic (exact) mass is 291 g/mol. The molecule has 0 aromatic carbocycles. The predicted molar refractivity (Wildman–Crippen MR) is 40.1 cm³/mol. The van der Waals surface area contributed by atoms with Crippen molar-refractivity contribution in [3.05, 3.63) is 20.3 Å². The van der Waals surface area contributed by atoms with Gasteiger partial charge in [0.2, 0.25) is 0 Å². The molecule has 2 heteroatoms. The molecule has 0 fully saturated rings. The van der Waals surface area contributed by atoms with Gasteiger partial charge in [-0.15, -0.1) is 0 Å². The second-order valence-electron chi connectivity index (χ2n) is 1.95. The maximum atomic E-state index is 2.22. The molecule has 0 N–H and O–H groups in total. The Balaban J connectivity index is -0.0000000600. The molecule has 0 aromatic rings. The van der Waals surface area contributed by atoms with E-state index in [9.17, 15) is 0 Å². The third-order valence-electron chi connectivity index (χ3n) is 1.18. The van der Waals surface area contributed by atoms with E-state index in [-0.39, 0.29) is 72.8 Å². The Hall–Kier alpha value is 2.21. The van der Waals surface area contributed by atoms with Crippen LogP contribution in [0.25, 0.3) is 0 Å². The Bertz CT molecular complexity index is 38.2. The Morgan fingerprint density at radius 1 is 1.30 bits per heavy atom. The van der Waals surface area contributed by atoms with Gasteiger partial charge in [0, 0.05) is 32.7 Å². The van der Waals surface area contributed by atoms with E-state index in [2.05, 4.69) is 33.6 Å². The molecule has 0 bridgehead atoms. The van der Waals surface area contributed by atoms with Gasteiger partial charge in [0.1, 0.15) is 0 Å². The third kappa shape index (κ3) is 16.7. The summed E-state index contributed by atoms with van der Waals surface area (Å²) in [5, 5.41) is 0. The van der Waals surface area contributed by atoms with Crippen LogP contribution < -0.4 is 0 Å². The van der Waals surface area contributed by atoms with Crippen molar-refractivity contribution < 1.29 is 65.4 Å². The van der Waals surface area contributed by atoms with Gasteiger partial charge in [0.15, 0.2) is 0 Å². The molecule has 0 aromatic heterocycles. The zero-order valence-electron chi connectivity index (χ0n) is 7.59. The smallest absolute Gasteiger partial charge is 0.358 e.